The largest absolute Gasteiger partial charge is 0.481 e. The summed E-state index contributed by atoms with van der Waals surface area (Å²) < 4.78 is 51.5. The number of rotatable bonds is 4. The van der Waals surface area contributed by atoms with Gasteiger partial charge in [-0.25, -0.2) is 4.39 Å². The molecular weight excluding hydrogens is 286 g/mol. The molecule has 0 aliphatic carbocycles. The Morgan fingerprint density at radius 3 is 2.30 bits per heavy atom. The predicted molar refractivity (Wildman–Crippen MR) is 59.0 cm³/mol. The SMILES string of the molecule is Nc1cc(C(F)(F)F)c(C(O)C(O)CC(=O)O)cc1F. The van der Waals surface area contributed by atoms with Crippen LogP contribution in [0.3, 0.4) is 0 Å². The topological polar surface area (TPSA) is 104 Å². The van der Waals surface area contributed by atoms with Gasteiger partial charge in [-0.2, -0.15) is 13.2 Å². The molecule has 2 unspecified atom stereocenters. The lowest BCUT2D eigenvalue weighted by Gasteiger charge is -2.21. The van der Waals surface area contributed by atoms with E-state index in [1.165, 1.54) is 0 Å². The van der Waals surface area contributed by atoms with E-state index < -0.39 is 53.4 Å². The molecule has 0 aliphatic rings. The average molecular weight is 297 g/mol. The lowest BCUT2D eigenvalue weighted by molar-refractivity contribution is -0.142. The molecule has 0 aromatic heterocycles. The predicted octanol–water partition coefficient (Wildman–Crippen LogP) is 1.30. The Balaban J connectivity index is 3.28. The summed E-state index contributed by atoms with van der Waals surface area (Å²) in [6, 6.07) is 0.606. The molecule has 0 spiro atoms. The van der Waals surface area contributed by atoms with Crippen LogP contribution in [0.15, 0.2) is 12.1 Å². The first-order valence-electron chi connectivity index (χ1n) is 5.28. The summed E-state index contributed by atoms with van der Waals surface area (Å²) in [6.45, 7) is 0. The van der Waals surface area contributed by atoms with Crippen LogP contribution in [0, 0.1) is 5.82 Å². The number of aliphatic hydroxyl groups is 2. The van der Waals surface area contributed by atoms with Crippen LogP contribution in [0.1, 0.15) is 23.7 Å². The van der Waals surface area contributed by atoms with Crippen molar-refractivity contribution in [2.45, 2.75) is 24.8 Å². The van der Waals surface area contributed by atoms with E-state index in [1.54, 1.807) is 0 Å². The van der Waals surface area contributed by atoms with Crippen LogP contribution < -0.4 is 5.73 Å². The van der Waals surface area contributed by atoms with E-state index in [0.717, 1.165) is 0 Å². The van der Waals surface area contributed by atoms with Gasteiger partial charge in [-0.05, 0) is 17.7 Å². The first kappa shape index (κ1) is 16.2. The molecule has 0 fully saturated rings. The lowest BCUT2D eigenvalue weighted by Crippen LogP contribution is -2.24. The Hall–Kier alpha value is -1.87. The van der Waals surface area contributed by atoms with Crippen LogP contribution in [0.25, 0.3) is 0 Å². The molecule has 112 valence electrons. The fourth-order valence-corrected chi connectivity index (χ4v) is 1.59. The standard InChI is InChI=1S/C11H11F4NO4/c12-6-1-4(10(20)8(17)3-9(18)19)5(2-7(6)16)11(13,14)15/h1-2,8,10,17,20H,3,16H2,(H,18,19). The maximum absolute atomic E-state index is 13.2. The third-order valence-electron chi connectivity index (χ3n) is 2.54. The Bertz CT molecular complexity index is 518. The first-order chi connectivity index (χ1) is 9.04. The third-order valence-corrected chi connectivity index (χ3v) is 2.54. The summed E-state index contributed by atoms with van der Waals surface area (Å²) in [5.41, 5.74) is 1.84. The number of carboxylic acids is 1. The summed E-state index contributed by atoms with van der Waals surface area (Å²) in [6.07, 6.45) is -10.2. The Morgan fingerprint density at radius 1 is 1.30 bits per heavy atom. The van der Waals surface area contributed by atoms with Crippen molar-refractivity contribution in [1.82, 2.24) is 0 Å². The van der Waals surface area contributed by atoms with Crippen LogP contribution in [0.5, 0.6) is 0 Å². The zero-order valence-corrected chi connectivity index (χ0v) is 9.86. The van der Waals surface area contributed by atoms with E-state index in [0.29, 0.717) is 6.07 Å². The van der Waals surface area contributed by atoms with Crippen molar-refractivity contribution < 1.29 is 37.7 Å². The first-order valence-corrected chi connectivity index (χ1v) is 5.28. The second-order valence-corrected chi connectivity index (χ2v) is 4.07. The van der Waals surface area contributed by atoms with Gasteiger partial charge in [-0.15, -0.1) is 0 Å². The summed E-state index contributed by atoms with van der Waals surface area (Å²) in [4.78, 5) is 10.4. The van der Waals surface area contributed by atoms with Crippen LogP contribution in [-0.2, 0) is 11.0 Å². The Morgan fingerprint density at radius 2 is 1.85 bits per heavy atom. The molecule has 20 heavy (non-hydrogen) atoms. The molecule has 2 atom stereocenters. The number of alkyl halides is 3. The van der Waals surface area contributed by atoms with Crippen molar-refractivity contribution in [2.75, 3.05) is 5.73 Å². The second kappa shape index (κ2) is 5.63. The molecule has 0 radical (unpaired) electrons. The smallest absolute Gasteiger partial charge is 0.416 e. The van der Waals surface area contributed by atoms with Crippen molar-refractivity contribution in [3.05, 3.63) is 29.1 Å². The van der Waals surface area contributed by atoms with E-state index in [9.17, 15) is 32.6 Å². The van der Waals surface area contributed by atoms with Gasteiger partial charge in [-0.3, -0.25) is 4.79 Å². The lowest BCUT2D eigenvalue weighted by atomic mass is 9.96. The van der Waals surface area contributed by atoms with Gasteiger partial charge < -0.3 is 21.1 Å². The average Bonchev–Trinajstić information content (AvgIpc) is 2.28. The zero-order chi connectivity index (χ0) is 15.7. The van der Waals surface area contributed by atoms with Gasteiger partial charge in [0.15, 0.2) is 0 Å². The number of benzene rings is 1. The van der Waals surface area contributed by atoms with Gasteiger partial charge in [0.25, 0.3) is 0 Å². The quantitative estimate of drug-likeness (QED) is 0.495. The van der Waals surface area contributed by atoms with Gasteiger partial charge in [-0.1, -0.05) is 0 Å². The number of carbonyl (C=O) groups is 1. The van der Waals surface area contributed by atoms with Crippen molar-refractivity contribution in [1.29, 1.82) is 0 Å². The molecule has 0 saturated heterocycles. The number of hydrogen-bond acceptors (Lipinski definition) is 4. The molecule has 1 aromatic rings. The molecule has 0 heterocycles. The molecule has 9 heteroatoms. The highest BCUT2D eigenvalue weighted by Crippen LogP contribution is 2.37. The van der Waals surface area contributed by atoms with Gasteiger partial charge in [0.05, 0.1) is 23.8 Å². The minimum absolute atomic E-state index is 0.279. The zero-order valence-electron chi connectivity index (χ0n) is 9.86. The Kier molecular flexibility index (Phi) is 4.56. The van der Waals surface area contributed by atoms with Crippen molar-refractivity contribution >= 4 is 11.7 Å². The number of aliphatic hydroxyl groups excluding tert-OH is 2. The maximum Gasteiger partial charge on any atom is 0.416 e. The highest BCUT2D eigenvalue weighted by molar-refractivity contribution is 5.67. The number of nitrogens with two attached hydrogens (primary N) is 1. The fourth-order valence-electron chi connectivity index (χ4n) is 1.59. The maximum atomic E-state index is 13.2. The van der Waals surface area contributed by atoms with E-state index in [4.69, 9.17) is 10.8 Å². The van der Waals surface area contributed by atoms with Gasteiger partial charge in [0.2, 0.25) is 0 Å². The fraction of sp³-hybridized carbons (Fsp3) is 0.364. The minimum Gasteiger partial charge on any atom is -0.481 e. The van der Waals surface area contributed by atoms with E-state index in [-0.39, 0.29) is 6.07 Å². The monoisotopic (exact) mass is 297 g/mol. The number of nitrogen functional groups attached to an aromatic ring is 1. The van der Waals surface area contributed by atoms with E-state index in [2.05, 4.69) is 0 Å². The van der Waals surface area contributed by atoms with Crippen molar-refractivity contribution in [3.8, 4) is 0 Å². The van der Waals surface area contributed by atoms with Crippen LogP contribution in [0.2, 0.25) is 0 Å². The molecule has 0 amide bonds. The number of carboxylic acid groups (broad SMARTS) is 1. The molecule has 5 nitrogen and oxygen atoms in total. The summed E-state index contributed by atoms with van der Waals surface area (Å²) in [7, 11) is 0. The Labute approximate surface area is 110 Å². The molecule has 5 N–H and O–H groups in total. The van der Waals surface area contributed by atoms with Crippen LogP contribution in [-0.4, -0.2) is 27.4 Å². The number of hydrogen-bond donors (Lipinski definition) is 4. The van der Waals surface area contributed by atoms with Crippen LogP contribution in [0.4, 0.5) is 23.2 Å². The number of anilines is 1. The van der Waals surface area contributed by atoms with Crippen LogP contribution >= 0.6 is 0 Å². The van der Waals surface area contributed by atoms with Crippen molar-refractivity contribution in [3.63, 3.8) is 0 Å². The molecule has 0 saturated carbocycles. The summed E-state index contributed by atoms with van der Waals surface area (Å²) in [5.74, 6) is -2.74. The number of aliphatic carboxylic acids is 1. The highest BCUT2D eigenvalue weighted by Gasteiger charge is 2.37. The second-order valence-electron chi connectivity index (χ2n) is 4.07. The van der Waals surface area contributed by atoms with Gasteiger partial charge in [0, 0.05) is 0 Å². The van der Waals surface area contributed by atoms with E-state index >= 15 is 0 Å². The molecule has 0 bridgehead atoms. The van der Waals surface area contributed by atoms with Gasteiger partial charge in [0.1, 0.15) is 11.9 Å². The molecular formula is C11H11F4NO4. The minimum atomic E-state index is -4.94. The molecule has 1 rings (SSSR count). The van der Waals surface area contributed by atoms with Gasteiger partial charge >= 0.3 is 12.1 Å². The van der Waals surface area contributed by atoms with Crippen molar-refractivity contribution in [2.24, 2.45) is 0 Å². The summed E-state index contributed by atoms with van der Waals surface area (Å²) in [5, 5.41) is 27.3. The highest BCUT2D eigenvalue weighted by atomic mass is 19.4. The molecule has 0 aliphatic heterocycles. The number of halogens is 4. The normalized spacial score (nSPS) is 14.9. The third kappa shape index (κ3) is 3.58. The molecule has 1 aromatic carbocycles. The summed E-state index contributed by atoms with van der Waals surface area (Å²) >= 11 is 0. The van der Waals surface area contributed by atoms with E-state index in [1.807, 2.05) is 0 Å².